The van der Waals surface area contributed by atoms with Crippen LogP contribution in [-0.4, -0.2) is 20.1 Å². The largest absolute Gasteiger partial charge is 0.493 e. The van der Waals surface area contributed by atoms with Gasteiger partial charge in [0.1, 0.15) is 0 Å². The van der Waals surface area contributed by atoms with E-state index in [2.05, 4.69) is 5.32 Å². The predicted octanol–water partition coefficient (Wildman–Crippen LogP) is 4.17. The first-order valence-electron chi connectivity index (χ1n) is 6.91. The Labute approximate surface area is 135 Å². The first kappa shape index (κ1) is 16.2. The van der Waals surface area contributed by atoms with Crippen LogP contribution in [0.4, 0.5) is 5.69 Å². The van der Waals surface area contributed by atoms with E-state index in [1.165, 1.54) is 0 Å². The molecule has 0 aliphatic rings. The van der Waals surface area contributed by atoms with Crippen LogP contribution in [0.25, 0.3) is 0 Å². The van der Waals surface area contributed by atoms with Crippen LogP contribution in [0.15, 0.2) is 36.4 Å². The summed E-state index contributed by atoms with van der Waals surface area (Å²) in [5, 5.41) is 3.32. The number of amides is 1. The Bertz CT molecular complexity index is 686. The fourth-order valence-electron chi connectivity index (χ4n) is 2.18. The molecule has 0 aliphatic carbocycles. The third kappa shape index (κ3) is 3.34. The molecular weight excluding hydrogens is 302 g/mol. The summed E-state index contributed by atoms with van der Waals surface area (Å²) in [7, 11) is 3.11. The van der Waals surface area contributed by atoms with Crippen molar-refractivity contribution >= 4 is 23.2 Å². The molecule has 2 aromatic carbocycles. The van der Waals surface area contributed by atoms with Crippen LogP contribution < -0.4 is 14.8 Å². The van der Waals surface area contributed by atoms with Crippen molar-refractivity contribution in [3.63, 3.8) is 0 Å². The minimum Gasteiger partial charge on any atom is -0.493 e. The summed E-state index contributed by atoms with van der Waals surface area (Å²) in [5.41, 5.74) is 1.99. The van der Waals surface area contributed by atoms with Crippen LogP contribution in [0.5, 0.6) is 11.5 Å². The van der Waals surface area contributed by atoms with Crippen molar-refractivity contribution < 1.29 is 14.3 Å². The maximum absolute atomic E-state index is 12.5. The quantitative estimate of drug-likeness (QED) is 0.899. The van der Waals surface area contributed by atoms with Gasteiger partial charge < -0.3 is 14.8 Å². The number of ether oxygens (including phenoxy) is 2. The molecule has 2 rings (SSSR count). The molecule has 2 aromatic rings. The van der Waals surface area contributed by atoms with Crippen LogP contribution >= 0.6 is 11.6 Å². The number of rotatable bonds is 5. The molecule has 0 unspecified atom stereocenters. The average Bonchev–Trinajstić information content (AvgIpc) is 2.55. The number of nitrogens with one attached hydrogen (secondary N) is 1. The monoisotopic (exact) mass is 319 g/mol. The second-order valence-corrected chi connectivity index (χ2v) is 5.06. The number of methoxy groups -OCH3 is 2. The summed E-state index contributed by atoms with van der Waals surface area (Å²) in [4.78, 5) is 12.5. The van der Waals surface area contributed by atoms with Crippen molar-refractivity contribution in [2.24, 2.45) is 0 Å². The molecule has 0 saturated heterocycles. The maximum atomic E-state index is 12.5. The standard InChI is InChI=1S/C17H18ClNO3/c1-4-11-9-15(21-2)16(22-3)10-12(11)17(20)19-14-8-6-5-7-13(14)18/h5-10H,4H2,1-3H3,(H,19,20). The van der Waals surface area contributed by atoms with Gasteiger partial charge in [-0.1, -0.05) is 30.7 Å². The van der Waals surface area contributed by atoms with Gasteiger partial charge in [0.25, 0.3) is 5.91 Å². The normalized spacial score (nSPS) is 10.2. The first-order chi connectivity index (χ1) is 10.6. The number of para-hydroxylation sites is 1. The molecule has 0 atom stereocenters. The average molecular weight is 320 g/mol. The lowest BCUT2D eigenvalue weighted by Gasteiger charge is -2.14. The zero-order chi connectivity index (χ0) is 16.1. The molecular formula is C17H18ClNO3. The second-order valence-electron chi connectivity index (χ2n) is 4.65. The second kappa shape index (κ2) is 7.18. The number of hydrogen-bond donors (Lipinski definition) is 1. The molecule has 0 radical (unpaired) electrons. The van der Waals surface area contributed by atoms with Crippen LogP contribution in [0.2, 0.25) is 5.02 Å². The molecule has 0 bridgehead atoms. The summed E-state index contributed by atoms with van der Waals surface area (Å²) in [6.07, 6.45) is 0.700. The van der Waals surface area contributed by atoms with Crippen molar-refractivity contribution in [3.8, 4) is 11.5 Å². The van der Waals surface area contributed by atoms with E-state index in [1.807, 2.05) is 25.1 Å². The highest BCUT2D eigenvalue weighted by Crippen LogP contribution is 2.31. The predicted molar refractivity (Wildman–Crippen MR) is 88.3 cm³/mol. The summed E-state index contributed by atoms with van der Waals surface area (Å²) >= 11 is 6.08. The van der Waals surface area contributed by atoms with Gasteiger partial charge in [-0.05, 0) is 36.2 Å². The lowest BCUT2D eigenvalue weighted by atomic mass is 10.0. The Morgan fingerprint density at radius 2 is 1.77 bits per heavy atom. The van der Waals surface area contributed by atoms with Gasteiger partial charge in [-0.3, -0.25) is 4.79 Å². The molecule has 0 heterocycles. The van der Waals surface area contributed by atoms with Crippen molar-refractivity contribution in [2.75, 3.05) is 19.5 Å². The number of halogens is 1. The number of carbonyl (C=O) groups excluding carboxylic acids is 1. The van der Waals surface area contributed by atoms with Gasteiger partial charge in [0.2, 0.25) is 0 Å². The van der Waals surface area contributed by atoms with E-state index in [1.54, 1.807) is 32.4 Å². The van der Waals surface area contributed by atoms with Crippen LogP contribution in [0, 0.1) is 0 Å². The van der Waals surface area contributed by atoms with Gasteiger partial charge in [-0.15, -0.1) is 0 Å². The van der Waals surface area contributed by atoms with E-state index in [0.717, 1.165) is 5.56 Å². The molecule has 4 nitrogen and oxygen atoms in total. The molecule has 1 N–H and O–H groups in total. The third-order valence-corrected chi connectivity index (χ3v) is 3.69. The van der Waals surface area contributed by atoms with Gasteiger partial charge in [0, 0.05) is 5.56 Å². The summed E-state index contributed by atoms with van der Waals surface area (Å²) in [6.45, 7) is 1.98. The Morgan fingerprint density at radius 3 is 2.36 bits per heavy atom. The lowest BCUT2D eigenvalue weighted by molar-refractivity contribution is 0.102. The van der Waals surface area contributed by atoms with E-state index < -0.39 is 0 Å². The van der Waals surface area contributed by atoms with Crippen LogP contribution in [0.3, 0.4) is 0 Å². The smallest absolute Gasteiger partial charge is 0.256 e. The number of hydrogen-bond acceptors (Lipinski definition) is 3. The lowest BCUT2D eigenvalue weighted by Crippen LogP contribution is -2.15. The van der Waals surface area contributed by atoms with Crippen molar-refractivity contribution in [1.29, 1.82) is 0 Å². The highest BCUT2D eigenvalue weighted by molar-refractivity contribution is 6.33. The van der Waals surface area contributed by atoms with E-state index in [9.17, 15) is 4.79 Å². The minimum absolute atomic E-state index is 0.231. The van der Waals surface area contributed by atoms with Crippen molar-refractivity contribution in [1.82, 2.24) is 0 Å². The van der Waals surface area contributed by atoms with Crippen LogP contribution in [0.1, 0.15) is 22.8 Å². The molecule has 0 fully saturated rings. The van der Waals surface area contributed by atoms with Gasteiger partial charge in [-0.25, -0.2) is 0 Å². The molecule has 0 spiro atoms. The Kier molecular flexibility index (Phi) is 5.28. The third-order valence-electron chi connectivity index (χ3n) is 3.36. The zero-order valence-corrected chi connectivity index (χ0v) is 13.5. The number of carbonyl (C=O) groups is 1. The molecule has 0 aliphatic heterocycles. The number of anilines is 1. The summed E-state index contributed by atoms with van der Waals surface area (Å²) < 4.78 is 10.5. The maximum Gasteiger partial charge on any atom is 0.256 e. The van der Waals surface area contributed by atoms with Crippen molar-refractivity contribution in [3.05, 3.63) is 52.5 Å². The Balaban J connectivity index is 2.38. The van der Waals surface area contributed by atoms with Gasteiger partial charge >= 0.3 is 0 Å². The molecule has 0 saturated carbocycles. The Hall–Kier alpha value is -2.20. The van der Waals surface area contributed by atoms with Gasteiger partial charge in [0.05, 0.1) is 24.9 Å². The number of aryl methyl sites for hydroxylation is 1. The van der Waals surface area contributed by atoms with E-state index in [-0.39, 0.29) is 5.91 Å². The number of benzene rings is 2. The highest BCUT2D eigenvalue weighted by Gasteiger charge is 2.16. The highest BCUT2D eigenvalue weighted by atomic mass is 35.5. The van der Waals surface area contributed by atoms with E-state index in [4.69, 9.17) is 21.1 Å². The SMILES string of the molecule is CCc1cc(OC)c(OC)cc1C(=O)Nc1ccccc1Cl. The van der Waals surface area contributed by atoms with Gasteiger partial charge in [-0.2, -0.15) is 0 Å². The van der Waals surface area contributed by atoms with E-state index in [0.29, 0.717) is 34.2 Å². The first-order valence-corrected chi connectivity index (χ1v) is 7.29. The topological polar surface area (TPSA) is 47.6 Å². The summed E-state index contributed by atoms with van der Waals surface area (Å²) in [6, 6.07) is 10.6. The van der Waals surface area contributed by atoms with Gasteiger partial charge in [0.15, 0.2) is 11.5 Å². The molecule has 0 aromatic heterocycles. The Morgan fingerprint density at radius 1 is 1.14 bits per heavy atom. The summed E-state index contributed by atoms with van der Waals surface area (Å²) in [5.74, 6) is 0.892. The molecule has 5 heteroatoms. The molecule has 116 valence electrons. The fourth-order valence-corrected chi connectivity index (χ4v) is 2.36. The molecule has 1 amide bonds. The zero-order valence-electron chi connectivity index (χ0n) is 12.8. The molecule has 22 heavy (non-hydrogen) atoms. The minimum atomic E-state index is -0.231. The van der Waals surface area contributed by atoms with E-state index >= 15 is 0 Å². The fraction of sp³-hybridized carbons (Fsp3) is 0.235. The van der Waals surface area contributed by atoms with Crippen LogP contribution in [-0.2, 0) is 6.42 Å². The van der Waals surface area contributed by atoms with Crippen molar-refractivity contribution in [2.45, 2.75) is 13.3 Å².